The first-order valence-electron chi connectivity index (χ1n) is 8.56. The minimum Gasteiger partial charge on any atom is -0.361 e. The van der Waals surface area contributed by atoms with Gasteiger partial charge in [-0.05, 0) is 54.6 Å². The minimum absolute atomic E-state index is 0.115. The Morgan fingerprint density at radius 3 is 2.13 bits per heavy atom. The van der Waals surface area contributed by atoms with Crippen molar-refractivity contribution in [3.05, 3.63) is 71.9 Å². The molecule has 0 fully saturated rings. The van der Waals surface area contributed by atoms with Gasteiger partial charge < -0.3 is 10.2 Å². The molecule has 0 aliphatic carbocycles. The van der Waals surface area contributed by atoms with E-state index in [2.05, 4.69) is 20.2 Å². The third-order valence-electron chi connectivity index (χ3n) is 3.94. The van der Waals surface area contributed by atoms with E-state index in [0.717, 1.165) is 12.1 Å². The lowest BCUT2D eigenvalue weighted by Crippen LogP contribution is -2.17. The fourth-order valence-corrected chi connectivity index (χ4v) is 3.43. The summed E-state index contributed by atoms with van der Waals surface area (Å²) in [5.41, 5.74) is 0.686. The third kappa shape index (κ3) is 4.87. The number of carbonyl (C=O) groups excluding carboxylic acids is 1. The molecule has 0 radical (unpaired) electrons. The maximum atomic E-state index is 13.3. The van der Waals surface area contributed by atoms with E-state index in [9.17, 15) is 22.0 Å². The molecule has 2 aromatic carbocycles. The summed E-state index contributed by atoms with van der Waals surface area (Å²) in [6.45, 7) is 0. The van der Waals surface area contributed by atoms with E-state index in [-0.39, 0.29) is 11.4 Å². The van der Waals surface area contributed by atoms with Gasteiger partial charge in [0.25, 0.3) is 15.9 Å². The second kappa shape index (κ2) is 8.41. The number of nitrogens with zero attached hydrogens (tertiary/aromatic N) is 3. The first kappa shape index (κ1) is 21.1. The summed E-state index contributed by atoms with van der Waals surface area (Å²) < 4.78 is 53.2. The molecule has 0 spiro atoms. The number of sulfonamides is 1. The quantitative estimate of drug-likeness (QED) is 0.620. The zero-order valence-electron chi connectivity index (χ0n) is 15.9. The number of rotatable bonds is 6. The van der Waals surface area contributed by atoms with Gasteiger partial charge in [0.05, 0.1) is 4.90 Å². The zero-order valence-corrected chi connectivity index (χ0v) is 16.7. The molecule has 1 heterocycles. The number of carbonyl (C=O) groups is 1. The number of nitrogens with one attached hydrogen (secondary N) is 2. The van der Waals surface area contributed by atoms with Crippen LogP contribution in [0.4, 0.5) is 26.0 Å². The van der Waals surface area contributed by atoms with Crippen molar-refractivity contribution < 1.29 is 22.0 Å². The Morgan fingerprint density at radius 1 is 0.900 bits per heavy atom. The van der Waals surface area contributed by atoms with Gasteiger partial charge in [0, 0.05) is 25.5 Å². The van der Waals surface area contributed by atoms with Crippen LogP contribution in [0.5, 0.6) is 0 Å². The van der Waals surface area contributed by atoms with Crippen molar-refractivity contribution in [1.29, 1.82) is 0 Å². The highest BCUT2D eigenvalue weighted by Crippen LogP contribution is 2.20. The van der Waals surface area contributed by atoms with Crippen molar-refractivity contribution in [2.75, 3.05) is 29.0 Å². The van der Waals surface area contributed by atoms with Crippen molar-refractivity contribution in [3.8, 4) is 0 Å². The Bertz CT molecular complexity index is 1170. The molecule has 0 aliphatic heterocycles. The zero-order chi connectivity index (χ0) is 21.9. The number of benzene rings is 2. The fourth-order valence-electron chi connectivity index (χ4n) is 2.36. The summed E-state index contributed by atoms with van der Waals surface area (Å²) in [4.78, 5) is 13.6. The molecule has 30 heavy (non-hydrogen) atoms. The standard InChI is InChI=1S/C19H17F2N5O3S/c1-26(2)18-10-9-17(23-24-18)19(27)22-12-3-5-13(6-4-12)25-30(28,29)14-7-8-15(20)16(21)11-14/h3-11,25H,1-2H3,(H,22,27). The van der Waals surface area contributed by atoms with E-state index >= 15 is 0 Å². The lowest BCUT2D eigenvalue weighted by molar-refractivity contribution is 0.102. The smallest absolute Gasteiger partial charge is 0.276 e. The second-order valence-electron chi connectivity index (χ2n) is 6.38. The van der Waals surface area contributed by atoms with Crippen molar-refractivity contribution in [3.63, 3.8) is 0 Å². The van der Waals surface area contributed by atoms with Gasteiger partial charge in [-0.3, -0.25) is 9.52 Å². The van der Waals surface area contributed by atoms with Crippen molar-refractivity contribution in [2.24, 2.45) is 0 Å². The summed E-state index contributed by atoms with van der Waals surface area (Å²) in [5, 5.41) is 10.4. The topological polar surface area (TPSA) is 104 Å². The van der Waals surface area contributed by atoms with E-state index in [0.29, 0.717) is 17.6 Å². The molecule has 3 rings (SSSR count). The van der Waals surface area contributed by atoms with Crippen LogP contribution in [0.2, 0.25) is 0 Å². The van der Waals surface area contributed by atoms with E-state index in [1.807, 2.05) is 0 Å². The molecular weight excluding hydrogens is 416 g/mol. The van der Waals surface area contributed by atoms with Gasteiger partial charge in [0.1, 0.15) is 0 Å². The molecule has 0 saturated heterocycles. The van der Waals surface area contributed by atoms with E-state index in [4.69, 9.17) is 0 Å². The molecule has 0 saturated carbocycles. The van der Waals surface area contributed by atoms with Crippen LogP contribution in [0.3, 0.4) is 0 Å². The van der Waals surface area contributed by atoms with Crippen LogP contribution in [-0.2, 0) is 10.0 Å². The Labute approximate surface area is 171 Å². The average Bonchev–Trinajstić information content (AvgIpc) is 2.71. The van der Waals surface area contributed by atoms with Crippen molar-refractivity contribution in [2.45, 2.75) is 4.90 Å². The molecule has 2 N–H and O–H groups in total. The number of amides is 1. The summed E-state index contributed by atoms with van der Waals surface area (Å²) in [6.07, 6.45) is 0. The highest BCUT2D eigenvalue weighted by Gasteiger charge is 2.17. The van der Waals surface area contributed by atoms with Crippen LogP contribution in [-0.4, -0.2) is 38.6 Å². The molecule has 0 aliphatic rings. The molecular formula is C19H17F2N5O3S. The number of anilines is 3. The molecule has 3 aromatic rings. The SMILES string of the molecule is CN(C)c1ccc(C(=O)Nc2ccc(NS(=O)(=O)c3ccc(F)c(F)c3)cc2)nn1. The maximum absolute atomic E-state index is 13.3. The Balaban J connectivity index is 1.68. The number of hydrogen-bond donors (Lipinski definition) is 2. The van der Waals surface area contributed by atoms with Crippen molar-refractivity contribution >= 4 is 33.1 Å². The number of aromatic nitrogens is 2. The molecule has 156 valence electrons. The molecule has 0 bridgehead atoms. The first-order valence-corrected chi connectivity index (χ1v) is 10.0. The molecule has 11 heteroatoms. The van der Waals surface area contributed by atoms with E-state index in [1.165, 1.54) is 30.3 Å². The minimum atomic E-state index is -4.11. The van der Waals surface area contributed by atoms with Crippen LogP contribution in [0.1, 0.15) is 10.5 Å². The van der Waals surface area contributed by atoms with Crippen LogP contribution < -0.4 is 14.9 Å². The van der Waals surface area contributed by atoms with Gasteiger partial charge in [-0.1, -0.05) is 0 Å². The Morgan fingerprint density at radius 2 is 1.57 bits per heavy atom. The molecule has 1 amide bonds. The average molecular weight is 433 g/mol. The van der Waals surface area contributed by atoms with Crippen LogP contribution in [0.25, 0.3) is 0 Å². The largest absolute Gasteiger partial charge is 0.361 e. The van der Waals surface area contributed by atoms with Gasteiger partial charge in [-0.15, -0.1) is 10.2 Å². The van der Waals surface area contributed by atoms with Gasteiger partial charge in [-0.2, -0.15) is 0 Å². The van der Waals surface area contributed by atoms with Gasteiger partial charge in [0.2, 0.25) is 0 Å². The van der Waals surface area contributed by atoms with Crippen molar-refractivity contribution in [1.82, 2.24) is 10.2 Å². The predicted molar refractivity (Wildman–Crippen MR) is 108 cm³/mol. The van der Waals surface area contributed by atoms with Gasteiger partial charge in [-0.25, -0.2) is 17.2 Å². The third-order valence-corrected chi connectivity index (χ3v) is 5.32. The number of hydrogen-bond acceptors (Lipinski definition) is 6. The lowest BCUT2D eigenvalue weighted by atomic mass is 10.2. The summed E-state index contributed by atoms with van der Waals surface area (Å²) in [6, 6.07) is 11.2. The maximum Gasteiger partial charge on any atom is 0.276 e. The highest BCUT2D eigenvalue weighted by atomic mass is 32.2. The van der Waals surface area contributed by atoms with Gasteiger partial charge >= 0.3 is 0 Å². The lowest BCUT2D eigenvalue weighted by Gasteiger charge is -2.11. The molecule has 8 nitrogen and oxygen atoms in total. The summed E-state index contributed by atoms with van der Waals surface area (Å²) in [5.74, 6) is -2.29. The predicted octanol–water partition coefficient (Wildman–Crippen LogP) is 2.87. The van der Waals surface area contributed by atoms with Crippen LogP contribution in [0.15, 0.2) is 59.5 Å². The molecule has 0 unspecified atom stereocenters. The normalized spacial score (nSPS) is 11.1. The van der Waals surface area contributed by atoms with Gasteiger partial charge in [0.15, 0.2) is 23.1 Å². The highest BCUT2D eigenvalue weighted by molar-refractivity contribution is 7.92. The van der Waals surface area contributed by atoms with E-state index < -0.39 is 32.5 Å². The Hall–Kier alpha value is -3.60. The summed E-state index contributed by atoms with van der Waals surface area (Å²) in [7, 11) is -0.513. The van der Waals surface area contributed by atoms with Crippen LogP contribution in [0, 0.1) is 11.6 Å². The summed E-state index contributed by atoms with van der Waals surface area (Å²) >= 11 is 0. The molecule has 0 atom stereocenters. The fraction of sp³-hybridized carbons (Fsp3) is 0.105. The van der Waals surface area contributed by atoms with E-state index in [1.54, 1.807) is 25.1 Å². The monoisotopic (exact) mass is 433 g/mol. The second-order valence-corrected chi connectivity index (χ2v) is 8.07. The first-order chi connectivity index (χ1) is 14.2. The number of halogens is 2. The Kier molecular flexibility index (Phi) is 5.92. The van der Waals surface area contributed by atoms with Crippen LogP contribution >= 0.6 is 0 Å². The molecule has 1 aromatic heterocycles.